The second-order valence-electron chi connectivity index (χ2n) is 6.27. The highest BCUT2D eigenvalue weighted by atomic mass is 16.2. The van der Waals surface area contributed by atoms with Crippen LogP contribution in [0.15, 0.2) is 72.4 Å². The van der Waals surface area contributed by atoms with Gasteiger partial charge in [-0.3, -0.25) is 4.79 Å². The molecule has 0 aliphatic carbocycles. The Kier molecular flexibility index (Phi) is 5.32. The van der Waals surface area contributed by atoms with E-state index in [-0.39, 0.29) is 11.8 Å². The Labute approximate surface area is 153 Å². The van der Waals surface area contributed by atoms with E-state index in [4.69, 9.17) is 0 Å². The second kappa shape index (κ2) is 7.83. The quantitative estimate of drug-likeness (QED) is 0.823. The van der Waals surface area contributed by atoms with Crippen molar-refractivity contribution in [2.45, 2.75) is 19.9 Å². The predicted molar refractivity (Wildman–Crippen MR) is 103 cm³/mol. The minimum absolute atomic E-state index is 0.113. The molecule has 0 radical (unpaired) electrons. The van der Waals surface area contributed by atoms with E-state index in [0.29, 0.717) is 12.1 Å². The summed E-state index contributed by atoms with van der Waals surface area (Å²) < 4.78 is 0. The zero-order chi connectivity index (χ0) is 18.5. The fraction of sp³-hybridized carbons (Fsp3) is 0.182. The molecule has 3 rings (SSSR count). The van der Waals surface area contributed by atoms with E-state index in [1.165, 1.54) is 10.5 Å². The van der Waals surface area contributed by atoms with Gasteiger partial charge in [-0.1, -0.05) is 66.2 Å². The maximum Gasteiger partial charge on any atom is 0.322 e. The van der Waals surface area contributed by atoms with Crippen LogP contribution in [0.25, 0.3) is 6.08 Å². The van der Waals surface area contributed by atoms with Crippen LogP contribution in [-0.4, -0.2) is 23.3 Å². The average Bonchev–Trinajstić information content (AvgIpc) is 2.67. The highest BCUT2D eigenvalue weighted by Gasteiger charge is 2.30. The van der Waals surface area contributed by atoms with Gasteiger partial charge in [0.2, 0.25) is 0 Å². The Morgan fingerprint density at radius 1 is 1.12 bits per heavy atom. The minimum Gasteiger partial charge on any atom is -0.327 e. The second-order valence-corrected chi connectivity index (χ2v) is 6.27. The van der Waals surface area contributed by atoms with E-state index >= 15 is 0 Å². The molecular weight excluding hydrogens is 324 g/mol. The summed E-state index contributed by atoms with van der Waals surface area (Å²) in [5, 5.41) is 2.93. The number of nitrogens with one attached hydrogen (secondary N) is 1. The van der Waals surface area contributed by atoms with Crippen LogP contribution in [0.1, 0.15) is 29.7 Å². The number of hydrogen-bond donors (Lipinski definition) is 1. The summed E-state index contributed by atoms with van der Waals surface area (Å²) in [5.41, 5.74) is 3.59. The first-order valence-corrected chi connectivity index (χ1v) is 8.71. The van der Waals surface area contributed by atoms with Crippen LogP contribution in [0.3, 0.4) is 0 Å². The number of allylic oxidation sites excluding steroid dienone is 1. The zero-order valence-corrected chi connectivity index (χ0v) is 15.0. The number of ketones is 1. The van der Waals surface area contributed by atoms with Gasteiger partial charge in [-0.15, -0.1) is 0 Å². The summed E-state index contributed by atoms with van der Waals surface area (Å²) in [6, 6.07) is 16.9. The number of hydrogen-bond acceptors (Lipinski definition) is 2. The van der Waals surface area contributed by atoms with Crippen LogP contribution < -0.4 is 5.32 Å². The first-order valence-electron chi connectivity index (χ1n) is 8.71. The van der Waals surface area contributed by atoms with E-state index in [0.717, 1.165) is 11.1 Å². The molecule has 132 valence electrons. The van der Waals surface area contributed by atoms with Crippen LogP contribution in [0, 0.1) is 6.92 Å². The van der Waals surface area contributed by atoms with Crippen molar-refractivity contribution >= 4 is 17.9 Å². The monoisotopic (exact) mass is 346 g/mol. The van der Waals surface area contributed by atoms with Gasteiger partial charge in [0.1, 0.15) is 0 Å². The van der Waals surface area contributed by atoms with Crippen molar-refractivity contribution in [1.82, 2.24) is 10.2 Å². The van der Waals surface area contributed by atoms with Gasteiger partial charge in [-0.2, -0.15) is 0 Å². The average molecular weight is 346 g/mol. The maximum absolute atomic E-state index is 12.9. The molecule has 2 amide bonds. The van der Waals surface area contributed by atoms with Crippen molar-refractivity contribution in [2.75, 3.05) is 6.54 Å². The van der Waals surface area contributed by atoms with Crippen LogP contribution in [0.4, 0.5) is 4.79 Å². The SMILES string of the molecule is CCN1C=C(C(=O)/C=C/c2ccc(C)cc2)[C@@H](c2ccccc2)NC1=O. The molecule has 2 aromatic rings. The molecule has 0 saturated carbocycles. The van der Waals surface area contributed by atoms with Gasteiger partial charge in [0.15, 0.2) is 5.78 Å². The van der Waals surface area contributed by atoms with Crippen LogP contribution in [-0.2, 0) is 4.79 Å². The van der Waals surface area contributed by atoms with Gasteiger partial charge in [0.25, 0.3) is 0 Å². The molecule has 1 aliphatic heterocycles. The minimum atomic E-state index is -0.443. The molecule has 0 unspecified atom stereocenters. The molecule has 0 spiro atoms. The normalized spacial score (nSPS) is 17.2. The Morgan fingerprint density at radius 2 is 1.81 bits per heavy atom. The molecule has 2 aromatic carbocycles. The molecule has 4 heteroatoms. The summed E-state index contributed by atoms with van der Waals surface area (Å²) in [6.07, 6.45) is 5.04. The first kappa shape index (κ1) is 17.7. The van der Waals surface area contributed by atoms with Crippen LogP contribution in [0.2, 0.25) is 0 Å². The van der Waals surface area contributed by atoms with Gasteiger partial charge in [-0.25, -0.2) is 4.79 Å². The molecule has 0 fully saturated rings. The number of carbonyl (C=O) groups is 2. The molecule has 1 atom stereocenters. The summed E-state index contributed by atoms with van der Waals surface area (Å²) >= 11 is 0. The van der Waals surface area contributed by atoms with Gasteiger partial charge in [-0.05, 0) is 31.1 Å². The summed E-state index contributed by atoms with van der Waals surface area (Å²) in [4.78, 5) is 26.6. The number of aryl methyl sites for hydroxylation is 1. The van der Waals surface area contributed by atoms with Crippen molar-refractivity contribution in [3.05, 3.63) is 89.1 Å². The predicted octanol–water partition coefficient (Wildman–Crippen LogP) is 4.25. The summed E-state index contributed by atoms with van der Waals surface area (Å²) in [6.45, 7) is 4.41. The first-order chi connectivity index (χ1) is 12.6. The lowest BCUT2D eigenvalue weighted by atomic mass is 9.94. The zero-order valence-electron chi connectivity index (χ0n) is 15.0. The standard InChI is InChI=1S/C22H22N2O2/c1-3-24-15-19(20(25)14-13-17-11-9-16(2)10-12-17)21(23-22(24)26)18-7-5-4-6-8-18/h4-15,21H,3H2,1-2H3,(H,23,26)/b14-13+/t21-/m1/s1. The van der Waals surface area contributed by atoms with E-state index in [1.54, 1.807) is 18.4 Å². The number of nitrogens with zero attached hydrogens (tertiary/aromatic N) is 1. The van der Waals surface area contributed by atoms with Crippen molar-refractivity contribution in [3.63, 3.8) is 0 Å². The molecule has 0 saturated heterocycles. The summed E-state index contributed by atoms with van der Waals surface area (Å²) in [7, 11) is 0. The summed E-state index contributed by atoms with van der Waals surface area (Å²) in [5.74, 6) is -0.113. The number of rotatable bonds is 5. The third kappa shape index (κ3) is 3.91. The third-order valence-electron chi connectivity index (χ3n) is 4.40. The lowest BCUT2D eigenvalue weighted by Crippen LogP contribution is -2.44. The third-order valence-corrected chi connectivity index (χ3v) is 4.40. The molecule has 4 nitrogen and oxygen atoms in total. The van der Waals surface area contributed by atoms with Crippen molar-refractivity contribution < 1.29 is 9.59 Å². The van der Waals surface area contributed by atoms with Crippen molar-refractivity contribution in [2.24, 2.45) is 0 Å². The fourth-order valence-electron chi connectivity index (χ4n) is 2.88. The molecule has 1 heterocycles. The van der Waals surface area contributed by atoms with Crippen LogP contribution in [0.5, 0.6) is 0 Å². The van der Waals surface area contributed by atoms with Gasteiger partial charge < -0.3 is 10.2 Å². The molecular formula is C22H22N2O2. The molecule has 1 aliphatic rings. The number of amides is 2. The van der Waals surface area contributed by atoms with Gasteiger partial charge in [0.05, 0.1) is 6.04 Å². The molecule has 0 bridgehead atoms. The lowest BCUT2D eigenvalue weighted by molar-refractivity contribution is -0.111. The highest BCUT2D eigenvalue weighted by Crippen LogP contribution is 2.27. The van der Waals surface area contributed by atoms with E-state index in [2.05, 4.69) is 5.32 Å². The van der Waals surface area contributed by atoms with Crippen molar-refractivity contribution in [3.8, 4) is 0 Å². The highest BCUT2D eigenvalue weighted by molar-refractivity contribution is 6.08. The van der Waals surface area contributed by atoms with Gasteiger partial charge in [0, 0.05) is 18.3 Å². The van der Waals surface area contributed by atoms with E-state index in [9.17, 15) is 9.59 Å². The number of urea groups is 1. The van der Waals surface area contributed by atoms with E-state index < -0.39 is 6.04 Å². The van der Waals surface area contributed by atoms with Crippen LogP contribution >= 0.6 is 0 Å². The Morgan fingerprint density at radius 3 is 2.46 bits per heavy atom. The van der Waals surface area contributed by atoms with E-state index in [1.807, 2.05) is 68.4 Å². The molecule has 1 N–H and O–H groups in total. The lowest BCUT2D eigenvalue weighted by Gasteiger charge is -2.31. The Balaban J connectivity index is 1.90. The Bertz CT molecular complexity index is 851. The Hall–Kier alpha value is -3.14. The maximum atomic E-state index is 12.9. The fourth-order valence-corrected chi connectivity index (χ4v) is 2.88. The largest absolute Gasteiger partial charge is 0.327 e. The topological polar surface area (TPSA) is 49.4 Å². The number of carbonyl (C=O) groups excluding carboxylic acids is 2. The molecule has 0 aromatic heterocycles. The smallest absolute Gasteiger partial charge is 0.322 e. The van der Waals surface area contributed by atoms with Crippen molar-refractivity contribution in [1.29, 1.82) is 0 Å². The number of benzene rings is 2. The van der Waals surface area contributed by atoms with Gasteiger partial charge >= 0.3 is 6.03 Å². The molecule has 26 heavy (non-hydrogen) atoms.